The molecule has 1 nitrogen and oxygen atoms in total. The smallest absolute Gasteiger partial charge is 0.144 e. The van der Waals surface area contributed by atoms with Crippen molar-refractivity contribution in [3.05, 3.63) is 11.1 Å². The van der Waals surface area contributed by atoms with Crippen LogP contribution in [0.15, 0.2) is 11.1 Å². The van der Waals surface area contributed by atoms with Gasteiger partial charge >= 0.3 is 0 Å². The molecular formula is C7H11ClO. The summed E-state index contributed by atoms with van der Waals surface area (Å²) in [6.45, 7) is 4.02. The average molecular weight is 147 g/mol. The Labute approximate surface area is 60.7 Å². The van der Waals surface area contributed by atoms with Crippen molar-refractivity contribution < 1.29 is 4.79 Å². The van der Waals surface area contributed by atoms with Crippen molar-refractivity contribution in [3.63, 3.8) is 0 Å². The zero-order valence-corrected chi connectivity index (χ0v) is 6.48. The van der Waals surface area contributed by atoms with E-state index in [0.29, 0.717) is 17.2 Å². The topological polar surface area (TPSA) is 17.1 Å². The minimum atomic E-state index is 0.317. The van der Waals surface area contributed by atoms with Crippen molar-refractivity contribution in [2.45, 2.75) is 20.3 Å². The zero-order chi connectivity index (χ0) is 7.28. The lowest BCUT2D eigenvalue weighted by Crippen LogP contribution is -1.90. The molecule has 0 aromatic rings. The normalized spacial score (nSPS) is 15.2. The van der Waals surface area contributed by atoms with Gasteiger partial charge in [-0.25, -0.2) is 0 Å². The number of rotatable bonds is 3. The first-order valence-corrected chi connectivity index (χ1v) is 3.41. The van der Waals surface area contributed by atoms with Crippen LogP contribution in [0.2, 0.25) is 0 Å². The SMILES string of the molecule is CCC(C)C(Cl)=CC=O. The Hall–Kier alpha value is -0.300. The minimum Gasteiger partial charge on any atom is -0.299 e. The van der Waals surface area contributed by atoms with Gasteiger partial charge in [-0.2, -0.15) is 0 Å². The summed E-state index contributed by atoms with van der Waals surface area (Å²) in [6, 6.07) is 0. The molecule has 1 unspecified atom stereocenters. The first-order chi connectivity index (χ1) is 4.22. The standard InChI is InChI=1S/C7H11ClO/c1-3-6(2)7(8)4-5-9/h4-6H,3H2,1-2H3. The zero-order valence-electron chi connectivity index (χ0n) is 5.73. The van der Waals surface area contributed by atoms with Gasteiger partial charge in [-0.15, -0.1) is 0 Å². The third-order valence-corrected chi connectivity index (χ3v) is 1.81. The van der Waals surface area contributed by atoms with Crippen LogP contribution in [-0.4, -0.2) is 6.29 Å². The molecule has 0 aliphatic heterocycles. The molecule has 0 radical (unpaired) electrons. The first kappa shape index (κ1) is 8.70. The van der Waals surface area contributed by atoms with E-state index in [2.05, 4.69) is 0 Å². The molecule has 0 saturated carbocycles. The predicted molar refractivity (Wildman–Crippen MR) is 39.5 cm³/mol. The van der Waals surface area contributed by atoms with Gasteiger partial charge in [0.05, 0.1) is 0 Å². The van der Waals surface area contributed by atoms with E-state index < -0.39 is 0 Å². The van der Waals surface area contributed by atoms with E-state index in [1.54, 1.807) is 0 Å². The van der Waals surface area contributed by atoms with E-state index in [0.717, 1.165) is 6.42 Å². The molecule has 0 aromatic heterocycles. The molecule has 0 N–H and O–H groups in total. The molecule has 0 aromatic carbocycles. The van der Waals surface area contributed by atoms with Crippen molar-refractivity contribution in [3.8, 4) is 0 Å². The second-order valence-electron chi connectivity index (χ2n) is 2.00. The fourth-order valence-corrected chi connectivity index (χ4v) is 0.630. The lowest BCUT2D eigenvalue weighted by Gasteiger charge is -2.03. The van der Waals surface area contributed by atoms with E-state index in [1.165, 1.54) is 6.08 Å². The molecule has 9 heavy (non-hydrogen) atoms. The predicted octanol–water partition coefficient (Wildman–Crippen LogP) is 2.35. The lowest BCUT2D eigenvalue weighted by molar-refractivity contribution is -0.104. The van der Waals surface area contributed by atoms with Gasteiger partial charge in [0.25, 0.3) is 0 Å². The second kappa shape index (κ2) is 4.57. The van der Waals surface area contributed by atoms with Crippen LogP contribution in [-0.2, 0) is 4.79 Å². The van der Waals surface area contributed by atoms with Crippen LogP contribution in [0.5, 0.6) is 0 Å². The van der Waals surface area contributed by atoms with E-state index in [9.17, 15) is 4.79 Å². The van der Waals surface area contributed by atoms with E-state index in [4.69, 9.17) is 11.6 Å². The quantitative estimate of drug-likeness (QED) is 0.441. The summed E-state index contributed by atoms with van der Waals surface area (Å²) in [5, 5.41) is 0.646. The highest BCUT2D eigenvalue weighted by molar-refractivity contribution is 6.30. The molecule has 0 rings (SSSR count). The third-order valence-electron chi connectivity index (χ3n) is 1.31. The van der Waals surface area contributed by atoms with Crippen molar-refractivity contribution in [2.75, 3.05) is 0 Å². The summed E-state index contributed by atoms with van der Waals surface area (Å²) < 4.78 is 0. The van der Waals surface area contributed by atoms with Gasteiger partial charge in [-0.05, 0) is 18.4 Å². The molecule has 0 amide bonds. The minimum absolute atomic E-state index is 0.317. The van der Waals surface area contributed by atoms with Crippen LogP contribution in [0.25, 0.3) is 0 Å². The Balaban J connectivity index is 3.84. The van der Waals surface area contributed by atoms with Crippen molar-refractivity contribution >= 4 is 17.9 Å². The summed E-state index contributed by atoms with van der Waals surface area (Å²) in [6.07, 6.45) is 3.09. The van der Waals surface area contributed by atoms with Crippen LogP contribution in [0.4, 0.5) is 0 Å². The summed E-state index contributed by atoms with van der Waals surface area (Å²) in [5.41, 5.74) is 0. The fourth-order valence-electron chi connectivity index (χ4n) is 0.424. The van der Waals surface area contributed by atoms with E-state index in [-0.39, 0.29) is 0 Å². The van der Waals surface area contributed by atoms with Gasteiger partial charge in [0.2, 0.25) is 0 Å². The highest BCUT2D eigenvalue weighted by atomic mass is 35.5. The van der Waals surface area contributed by atoms with Crippen LogP contribution in [0.3, 0.4) is 0 Å². The maximum atomic E-state index is 9.87. The van der Waals surface area contributed by atoms with Gasteiger partial charge in [-0.3, -0.25) is 4.79 Å². The second-order valence-corrected chi connectivity index (χ2v) is 2.43. The van der Waals surface area contributed by atoms with E-state index in [1.807, 2.05) is 13.8 Å². The summed E-state index contributed by atoms with van der Waals surface area (Å²) in [4.78, 5) is 9.87. The summed E-state index contributed by atoms with van der Waals surface area (Å²) in [7, 11) is 0. The van der Waals surface area contributed by atoms with E-state index >= 15 is 0 Å². The summed E-state index contributed by atoms with van der Waals surface area (Å²) in [5.74, 6) is 0.317. The highest BCUT2D eigenvalue weighted by Crippen LogP contribution is 2.16. The molecule has 2 heteroatoms. The Kier molecular flexibility index (Phi) is 4.41. The molecule has 0 saturated heterocycles. The van der Waals surface area contributed by atoms with Gasteiger partial charge in [0, 0.05) is 5.03 Å². The number of hydrogen-bond acceptors (Lipinski definition) is 1. The number of aldehydes is 1. The van der Waals surface area contributed by atoms with Crippen LogP contribution >= 0.6 is 11.6 Å². The van der Waals surface area contributed by atoms with Crippen LogP contribution in [0, 0.1) is 5.92 Å². The van der Waals surface area contributed by atoms with Gasteiger partial charge in [-0.1, -0.05) is 25.4 Å². The Morgan fingerprint density at radius 3 is 2.67 bits per heavy atom. The number of halogens is 1. The lowest BCUT2D eigenvalue weighted by atomic mass is 10.1. The maximum Gasteiger partial charge on any atom is 0.144 e. The monoisotopic (exact) mass is 146 g/mol. The molecule has 0 spiro atoms. The largest absolute Gasteiger partial charge is 0.299 e. The van der Waals surface area contributed by atoms with Gasteiger partial charge in [0.1, 0.15) is 6.29 Å². The maximum absolute atomic E-state index is 9.87. The van der Waals surface area contributed by atoms with Crippen molar-refractivity contribution in [2.24, 2.45) is 5.92 Å². The number of hydrogen-bond donors (Lipinski definition) is 0. The van der Waals surface area contributed by atoms with Gasteiger partial charge < -0.3 is 0 Å². The third kappa shape index (κ3) is 3.31. The summed E-state index contributed by atoms with van der Waals surface area (Å²) >= 11 is 5.66. The number of allylic oxidation sites excluding steroid dienone is 2. The molecule has 0 fully saturated rings. The highest BCUT2D eigenvalue weighted by Gasteiger charge is 2.00. The van der Waals surface area contributed by atoms with Crippen molar-refractivity contribution in [1.82, 2.24) is 0 Å². The van der Waals surface area contributed by atoms with Crippen LogP contribution < -0.4 is 0 Å². The number of carbonyl (C=O) groups excluding carboxylic acids is 1. The molecule has 1 atom stereocenters. The Bertz CT molecular complexity index is 118. The number of carbonyl (C=O) groups is 1. The molecular weight excluding hydrogens is 136 g/mol. The Morgan fingerprint density at radius 1 is 1.78 bits per heavy atom. The van der Waals surface area contributed by atoms with Crippen molar-refractivity contribution in [1.29, 1.82) is 0 Å². The molecule has 0 aliphatic carbocycles. The first-order valence-electron chi connectivity index (χ1n) is 3.03. The molecule has 52 valence electrons. The molecule has 0 aliphatic rings. The molecule has 0 heterocycles. The fraction of sp³-hybridized carbons (Fsp3) is 0.571. The van der Waals surface area contributed by atoms with Gasteiger partial charge in [0.15, 0.2) is 0 Å². The molecule has 0 bridgehead atoms. The Morgan fingerprint density at radius 2 is 2.33 bits per heavy atom. The van der Waals surface area contributed by atoms with Crippen LogP contribution in [0.1, 0.15) is 20.3 Å². The average Bonchev–Trinajstić information content (AvgIpc) is 1.87.